The summed E-state index contributed by atoms with van der Waals surface area (Å²) in [6.45, 7) is 6.74. The van der Waals surface area contributed by atoms with Gasteiger partial charge in [0.2, 0.25) is 0 Å². The van der Waals surface area contributed by atoms with Gasteiger partial charge in [-0.25, -0.2) is 17.6 Å². The van der Waals surface area contributed by atoms with Gasteiger partial charge in [0.1, 0.15) is 36.4 Å². The van der Waals surface area contributed by atoms with Gasteiger partial charge in [0, 0.05) is 24.0 Å². The van der Waals surface area contributed by atoms with Crippen molar-refractivity contribution >= 4 is 49.7 Å². The summed E-state index contributed by atoms with van der Waals surface area (Å²) in [5.41, 5.74) is -2.03. The standard InChI is InChI=1S/C34H32ClF4N5O3S/c1-16-10-34(6-3-8-43(34)13-16)15-47-32-41-26-23-27(46-14-17-11-33(2,45)7-9-44(17)31(23)42-32)24(35)22(25(26)37)18-4-5-20(36)29-21(18)19(12-40)28(48-29)30(38)39/h4-5,16-17,30,45H,3,6-11,13-15H2,1-2H3/t16-,17?,33?,34?/m1/s1. The van der Waals surface area contributed by atoms with Gasteiger partial charge >= 0.3 is 6.01 Å². The van der Waals surface area contributed by atoms with E-state index in [0.29, 0.717) is 49.1 Å². The van der Waals surface area contributed by atoms with Gasteiger partial charge in [-0.1, -0.05) is 24.6 Å². The van der Waals surface area contributed by atoms with Crippen molar-refractivity contribution in [3.8, 4) is 29.0 Å². The Kier molecular flexibility index (Phi) is 7.49. The third-order valence-electron chi connectivity index (χ3n) is 10.5. The highest BCUT2D eigenvalue weighted by Crippen LogP contribution is 2.52. The average molecular weight is 702 g/mol. The number of aliphatic hydroxyl groups is 1. The van der Waals surface area contributed by atoms with Gasteiger partial charge in [0.05, 0.1) is 42.7 Å². The molecule has 3 unspecified atom stereocenters. The van der Waals surface area contributed by atoms with Crippen LogP contribution in [0.2, 0.25) is 5.02 Å². The highest BCUT2D eigenvalue weighted by molar-refractivity contribution is 7.19. The maximum absolute atomic E-state index is 17.2. The molecule has 2 aromatic carbocycles. The van der Waals surface area contributed by atoms with E-state index >= 15 is 8.78 Å². The first-order valence-corrected chi connectivity index (χ1v) is 17.3. The van der Waals surface area contributed by atoms with Crippen molar-refractivity contribution < 1.29 is 32.1 Å². The maximum atomic E-state index is 17.2. The summed E-state index contributed by atoms with van der Waals surface area (Å²) in [5.74, 6) is -0.791. The maximum Gasteiger partial charge on any atom is 0.319 e. The molecule has 3 saturated heterocycles. The summed E-state index contributed by atoms with van der Waals surface area (Å²) in [4.78, 5) is 13.2. The Bertz CT molecular complexity index is 2040. The molecule has 8 nitrogen and oxygen atoms in total. The summed E-state index contributed by atoms with van der Waals surface area (Å²) < 4.78 is 72.6. The molecule has 6 heterocycles. The molecule has 4 aliphatic rings. The van der Waals surface area contributed by atoms with Crippen LogP contribution >= 0.6 is 22.9 Å². The molecule has 8 rings (SSSR count). The zero-order chi connectivity index (χ0) is 33.7. The topological polar surface area (TPSA) is 94.7 Å². The van der Waals surface area contributed by atoms with Crippen LogP contribution in [0.5, 0.6) is 11.8 Å². The van der Waals surface area contributed by atoms with Crippen LogP contribution in [-0.2, 0) is 0 Å². The second-order valence-corrected chi connectivity index (χ2v) is 15.3. The summed E-state index contributed by atoms with van der Waals surface area (Å²) in [6.07, 6.45) is 0.722. The highest BCUT2D eigenvalue weighted by Gasteiger charge is 2.48. The SMILES string of the molecule is C[C@H]1CN2CCCC2(COc2nc3c4c(c(Cl)c(-c5ccc(F)c6sc(C(F)F)c(C#N)c56)c(F)c4n2)OCC2CC(C)(O)CCN32)C1. The number of halogens is 5. The van der Waals surface area contributed by atoms with Gasteiger partial charge in [-0.05, 0) is 63.1 Å². The first kappa shape index (κ1) is 31.8. The van der Waals surface area contributed by atoms with Crippen LogP contribution in [0.25, 0.3) is 32.1 Å². The molecular formula is C34H32ClF4N5O3S. The Hall–Kier alpha value is -3.44. The van der Waals surface area contributed by atoms with E-state index in [1.807, 2.05) is 4.90 Å². The molecule has 1 N–H and O–H groups in total. The minimum atomic E-state index is -3.04. The number of piperidine rings is 1. The van der Waals surface area contributed by atoms with Crippen molar-refractivity contribution in [2.75, 3.05) is 37.7 Å². The molecule has 14 heteroatoms. The van der Waals surface area contributed by atoms with Gasteiger partial charge in [0.15, 0.2) is 11.6 Å². The van der Waals surface area contributed by atoms with Crippen LogP contribution < -0.4 is 14.4 Å². The number of aromatic nitrogens is 2. The molecular weight excluding hydrogens is 670 g/mol. The molecule has 3 fully saturated rings. The Morgan fingerprint density at radius 2 is 2.02 bits per heavy atom. The monoisotopic (exact) mass is 701 g/mol. The number of ether oxygens (including phenoxy) is 2. The Morgan fingerprint density at radius 1 is 1.21 bits per heavy atom. The second kappa shape index (κ2) is 11.3. The van der Waals surface area contributed by atoms with Crippen molar-refractivity contribution in [1.82, 2.24) is 14.9 Å². The van der Waals surface area contributed by atoms with Crippen LogP contribution in [0, 0.1) is 28.9 Å². The van der Waals surface area contributed by atoms with Crippen molar-refractivity contribution in [2.24, 2.45) is 5.92 Å². The molecule has 0 amide bonds. The lowest BCUT2D eigenvalue weighted by Crippen LogP contribution is -2.51. The minimum absolute atomic E-state index is 0.0353. The molecule has 0 radical (unpaired) electrons. The summed E-state index contributed by atoms with van der Waals surface area (Å²) in [6, 6.07) is 3.67. The fourth-order valence-corrected chi connectivity index (χ4v) is 9.81. The normalized spacial score (nSPS) is 26.9. The smallest absolute Gasteiger partial charge is 0.319 e. The van der Waals surface area contributed by atoms with E-state index in [2.05, 4.69) is 16.8 Å². The molecule has 252 valence electrons. The largest absolute Gasteiger partial charge is 0.489 e. The molecule has 4 aliphatic heterocycles. The van der Waals surface area contributed by atoms with Crippen molar-refractivity contribution in [3.63, 3.8) is 0 Å². The Balaban J connectivity index is 1.35. The van der Waals surface area contributed by atoms with Gasteiger partial charge < -0.3 is 19.5 Å². The van der Waals surface area contributed by atoms with E-state index in [0.717, 1.165) is 38.4 Å². The first-order valence-electron chi connectivity index (χ1n) is 16.1. The van der Waals surface area contributed by atoms with Crippen LogP contribution in [0.1, 0.15) is 62.8 Å². The lowest BCUT2D eigenvalue weighted by Gasteiger charge is -2.42. The quantitative estimate of drug-likeness (QED) is 0.213. The number of rotatable bonds is 5. The van der Waals surface area contributed by atoms with Gasteiger partial charge in [-0.2, -0.15) is 15.2 Å². The van der Waals surface area contributed by atoms with Crippen molar-refractivity contribution in [2.45, 2.75) is 69.6 Å². The summed E-state index contributed by atoms with van der Waals surface area (Å²) >= 11 is 7.43. The molecule has 4 atom stereocenters. The number of anilines is 1. The molecule has 4 aromatic rings. The number of fused-ring (bicyclic) bond motifs is 4. The second-order valence-electron chi connectivity index (χ2n) is 13.9. The molecule has 0 bridgehead atoms. The van der Waals surface area contributed by atoms with E-state index < -0.39 is 34.1 Å². The van der Waals surface area contributed by atoms with E-state index in [1.165, 1.54) is 6.07 Å². The average Bonchev–Trinajstić information content (AvgIpc) is 3.68. The van der Waals surface area contributed by atoms with E-state index in [4.69, 9.17) is 26.1 Å². The molecule has 0 saturated carbocycles. The lowest BCUT2D eigenvalue weighted by molar-refractivity contribution is 0.0160. The lowest BCUT2D eigenvalue weighted by atomic mass is 9.88. The molecule has 2 aromatic heterocycles. The predicted molar refractivity (Wildman–Crippen MR) is 174 cm³/mol. The third kappa shape index (κ3) is 4.82. The highest BCUT2D eigenvalue weighted by atomic mass is 35.5. The van der Waals surface area contributed by atoms with Gasteiger partial charge in [0.25, 0.3) is 6.43 Å². The summed E-state index contributed by atoms with van der Waals surface area (Å²) in [5, 5.41) is 20.7. The molecule has 0 aliphatic carbocycles. The predicted octanol–water partition coefficient (Wildman–Crippen LogP) is 7.62. The summed E-state index contributed by atoms with van der Waals surface area (Å²) in [7, 11) is 0. The Labute approximate surface area is 282 Å². The number of hydrogen-bond donors (Lipinski definition) is 1. The number of nitrogens with zero attached hydrogens (tertiary/aromatic N) is 5. The van der Waals surface area contributed by atoms with Crippen molar-refractivity contribution in [3.05, 3.63) is 39.2 Å². The van der Waals surface area contributed by atoms with Crippen LogP contribution in [0.3, 0.4) is 0 Å². The number of benzene rings is 2. The third-order valence-corrected chi connectivity index (χ3v) is 12.1. The zero-order valence-corrected chi connectivity index (χ0v) is 27.8. The Morgan fingerprint density at radius 3 is 2.79 bits per heavy atom. The number of hydrogen-bond acceptors (Lipinski definition) is 9. The number of alkyl halides is 2. The van der Waals surface area contributed by atoms with E-state index in [-0.39, 0.29) is 67.1 Å². The number of nitriles is 1. The van der Waals surface area contributed by atoms with Crippen LogP contribution in [0.15, 0.2) is 12.1 Å². The fraction of sp³-hybridized carbons (Fsp3) is 0.500. The first-order chi connectivity index (χ1) is 22.9. The van der Waals surface area contributed by atoms with Gasteiger partial charge in [-0.3, -0.25) is 4.90 Å². The van der Waals surface area contributed by atoms with Crippen LogP contribution in [0.4, 0.5) is 23.4 Å². The minimum Gasteiger partial charge on any atom is -0.489 e. The number of thiophene rings is 1. The molecule has 48 heavy (non-hydrogen) atoms. The fourth-order valence-electron chi connectivity index (χ4n) is 8.43. The van der Waals surface area contributed by atoms with Gasteiger partial charge in [-0.15, -0.1) is 11.3 Å². The van der Waals surface area contributed by atoms with Crippen LogP contribution in [-0.4, -0.2) is 70.0 Å². The van der Waals surface area contributed by atoms with Crippen molar-refractivity contribution in [1.29, 1.82) is 5.26 Å². The molecule has 0 spiro atoms. The van der Waals surface area contributed by atoms with E-state index in [9.17, 15) is 19.1 Å². The van der Waals surface area contributed by atoms with E-state index in [1.54, 1.807) is 13.0 Å². The zero-order valence-electron chi connectivity index (χ0n) is 26.3.